The Hall–Kier alpha value is -1.66. The van der Waals surface area contributed by atoms with Gasteiger partial charge in [0.25, 0.3) is 0 Å². The number of aliphatic hydroxyl groups is 1. The van der Waals surface area contributed by atoms with Gasteiger partial charge in [-0.3, -0.25) is 0 Å². The largest absolute Gasteiger partial charge is 0.393 e. The number of carbonyl (C=O) groups is 1. The van der Waals surface area contributed by atoms with E-state index in [-0.39, 0.29) is 17.6 Å². The molecule has 0 fully saturated rings. The number of thiazole rings is 1. The number of urea groups is 1. The molecule has 2 rings (SSSR count). The number of para-hydroxylation sites is 1. The first-order valence-corrected chi connectivity index (χ1v) is 8.60. The van der Waals surface area contributed by atoms with Crippen LogP contribution < -0.4 is 5.32 Å². The molecule has 1 atom stereocenters. The van der Waals surface area contributed by atoms with Gasteiger partial charge in [-0.1, -0.05) is 26.0 Å². The Morgan fingerprint density at radius 3 is 2.78 bits per heavy atom. The Labute approximate surface area is 141 Å². The molecule has 2 aromatic rings. The molecule has 1 aromatic carbocycles. The maximum Gasteiger partial charge on any atom is 0.317 e. The lowest BCUT2D eigenvalue weighted by Gasteiger charge is -2.27. The number of benzene rings is 1. The van der Waals surface area contributed by atoms with Crippen LogP contribution in [0.2, 0.25) is 0 Å². The number of nitrogens with one attached hydrogen (secondary N) is 1. The van der Waals surface area contributed by atoms with E-state index in [1.807, 2.05) is 38.1 Å². The third-order valence-corrected chi connectivity index (χ3v) is 4.64. The lowest BCUT2D eigenvalue weighted by Crippen LogP contribution is -2.42. The van der Waals surface area contributed by atoms with E-state index in [0.29, 0.717) is 19.5 Å². The first kappa shape index (κ1) is 17.7. The summed E-state index contributed by atoms with van der Waals surface area (Å²) < 4.78 is 1.13. The average Bonchev–Trinajstić information content (AvgIpc) is 2.85. The van der Waals surface area contributed by atoms with Crippen molar-refractivity contribution in [3.8, 4) is 0 Å². The molecule has 23 heavy (non-hydrogen) atoms. The van der Waals surface area contributed by atoms with Gasteiger partial charge in [0.05, 0.1) is 22.9 Å². The first-order chi connectivity index (χ1) is 10.8. The molecule has 0 saturated heterocycles. The number of rotatable bonds is 6. The summed E-state index contributed by atoms with van der Waals surface area (Å²) in [6.45, 7) is 6.85. The molecule has 0 saturated carbocycles. The van der Waals surface area contributed by atoms with Gasteiger partial charge in [0.1, 0.15) is 5.01 Å². The van der Waals surface area contributed by atoms with Crippen molar-refractivity contribution in [2.24, 2.45) is 5.41 Å². The van der Waals surface area contributed by atoms with Gasteiger partial charge in [0.2, 0.25) is 0 Å². The van der Waals surface area contributed by atoms with E-state index in [2.05, 4.69) is 10.3 Å². The summed E-state index contributed by atoms with van der Waals surface area (Å²) in [4.78, 5) is 18.4. The van der Waals surface area contributed by atoms with E-state index >= 15 is 0 Å². The van der Waals surface area contributed by atoms with Gasteiger partial charge in [-0.2, -0.15) is 0 Å². The van der Waals surface area contributed by atoms with Crippen molar-refractivity contribution >= 4 is 27.6 Å². The van der Waals surface area contributed by atoms with Crippen LogP contribution in [-0.2, 0) is 6.54 Å². The van der Waals surface area contributed by atoms with Crippen molar-refractivity contribution in [3.05, 3.63) is 29.3 Å². The fourth-order valence-corrected chi connectivity index (χ4v) is 3.60. The summed E-state index contributed by atoms with van der Waals surface area (Å²) >= 11 is 1.61. The predicted molar refractivity (Wildman–Crippen MR) is 94.6 cm³/mol. The van der Waals surface area contributed by atoms with E-state index in [9.17, 15) is 9.90 Å². The SMILES string of the molecule is CC(O)CC(C)(C)CNC(=O)N(C)Cc1nc2ccccc2s1. The molecule has 2 N–H and O–H groups in total. The van der Waals surface area contributed by atoms with Crippen LogP contribution in [-0.4, -0.2) is 40.7 Å². The minimum Gasteiger partial charge on any atom is -0.393 e. The van der Waals surface area contributed by atoms with E-state index < -0.39 is 0 Å². The van der Waals surface area contributed by atoms with Crippen molar-refractivity contribution in [3.63, 3.8) is 0 Å². The zero-order valence-electron chi connectivity index (χ0n) is 14.2. The summed E-state index contributed by atoms with van der Waals surface area (Å²) in [6, 6.07) is 7.85. The maximum absolute atomic E-state index is 12.2. The van der Waals surface area contributed by atoms with Gasteiger partial charge in [0, 0.05) is 13.6 Å². The van der Waals surface area contributed by atoms with Gasteiger partial charge < -0.3 is 15.3 Å². The van der Waals surface area contributed by atoms with Crippen LogP contribution in [0, 0.1) is 5.41 Å². The topological polar surface area (TPSA) is 65.5 Å². The van der Waals surface area contributed by atoms with Gasteiger partial charge >= 0.3 is 6.03 Å². The number of hydrogen-bond acceptors (Lipinski definition) is 4. The Bertz CT molecular complexity index is 634. The van der Waals surface area contributed by atoms with Crippen molar-refractivity contribution in [1.82, 2.24) is 15.2 Å². The van der Waals surface area contributed by atoms with Crippen LogP contribution in [0.15, 0.2) is 24.3 Å². The van der Waals surface area contributed by atoms with Gasteiger partial charge in [0.15, 0.2) is 0 Å². The Morgan fingerprint density at radius 2 is 2.13 bits per heavy atom. The highest BCUT2D eigenvalue weighted by atomic mass is 32.1. The number of nitrogens with zero attached hydrogens (tertiary/aromatic N) is 2. The summed E-state index contributed by atoms with van der Waals surface area (Å²) in [5.74, 6) is 0. The number of fused-ring (bicyclic) bond motifs is 1. The normalized spacial score (nSPS) is 13.1. The van der Waals surface area contributed by atoms with E-state index in [4.69, 9.17) is 0 Å². The maximum atomic E-state index is 12.2. The molecule has 0 aliphatic rings. The third-order valence-electron chi connectivity index (χ3n) is 3.62. The van der Waals surface area contributed by atoms with Crippen LogP contribution in [0.25, 0.3) is 10.2 Å². The standard InChI is InChI=1S/C17H25N3O2S/c1-12(21)9-17(2,3)11-18-16(22)20(4)10-15-19-13-7-5-6-8-14(13)23-15/h5-8,12,21H,9-11H2,1-4H3,(H,18,22). The van der Waals surface area contributed by atoms with Crippen LogP contribution in [0.4, 0.5) is 4.79 Å². The molecule has 5 nitrogen and oxygen atoms in total. The Balaban J connectivity index is 1.89. The van der Waals surface area contributed by atoms with Crippen LogP contribution >= 0.6 is 11.3 Å². The van der Waals surface area contributed by atoms with E-state index in [1.165, 1.54) is 0 Å². The lowest BCUT2D eigenvalue weighted by molar-refractivity contribution is 0.127. The third kappa shape index (κ3) is 5.18. The second-order valence-corrected chi connectivity index (χ2v) is 7.92. The minimum atomic E-state index is -0.373. The monoisotopic (exact) mass is 335 g/mol. The molecule has 0 radical (unpaired) electrons. The van der Waals surface area contributed by atoms with Crippen molar-refractivity contribution < 1.29 is 9.90 Å². The fourth-order valence-electron chi connectivity index (χ4n) is 2.58. The molecular weight excluding hydrogens is 310 g/mol. The van der Waals surface area contributed by atoms with Gasteiger partial charge in [-0.25, -0.2) is 9.78 Å². The smallest absolute Gasteiger partial charge is 0.317 e. The molecule has 6 heteroatoms. The highest BCUT2D eigenvalue weighted by Crippen LogP contribution is 2.23. The number of aliphatic hydroxyl groups excluding tert-OH is 1. The molecular formula is C17H25N3O2S. The zero-order chi connectivity index (χ0) is 17.0. The van der Waals surface area contributed by atoms with Gasteiger partial charge in [-0.15, -0.1) is 11.3 Å². The van der Waals surface area contributed by atoms with Crippen molar-refractivity contribution in [1.29, 1.82) is 0 Å². The molecule has 1 heterocycles. The average molecular weight is 335 g/mol. The summed E-state index contributed by atoms with van der Waals surface area (Å²) in [7, 11) is 1.77. The number of amides is 2. The minimum absolute atomic E-state index is 0.122. The number of aromatic nitrogens is 1. The van der Waals surface area contributed by atoms with E-state index in [1.54, 1.807) is 30.2 Å². The molecule has 126 valence electrons. The number of carbonyl (C=O) groups excluding carboxylic acids is 1. The second-order valence-electron chi connectivity index (χ2n) is 6.81. The van der Waals surface area contributed by atoms with Gasteiger partial charge in [-0.05, 0) is 30.9 Å². The molecule has 1 unspecified atom stereocenters. The van der Waals surface area contributed by atoms with Crippen LogP contribution in [0.3, 0.4) is 0 Å². The summed E-state index contributed by atoms with van der Waals surface area (Å²) in [5, 5.41) is 13.4. The van der Waals surface area contributed by atoms with E-state index in [0.717, 1.165) is 15.2 Å². The fraction of sp³-hybridized carbons (Fsp3) is 0.529. The summed E-state index contributed by atoms with van der Waals surface area (Å²) in [5.41, 5.74) is 0.833. The molecule has 2 amide bonds. The number of hydrogen-bond donors (Lipinski definition) is 2. The predicted octanol–water partition coefficient (Wildman–Crippen LogP) is 3.23. The van der Waals surface area contributed by atoms with Crippen LogP contribution in [0.1, 0.15) is 32.2 Å². The lowest BCUT2D eigenvalue weighted by atomic mass is 9.87. The molecule has 0 bridgehead atoms. The first-order valence-electron chi connectivity index (χ1n) is 7.78. The quantitative estimate of drug-likeness (QED) is 0.852. The molecule has 0 aliphatic heterocycles. The Kier molecular flexibility index (Phi) is 5.59. The summed E-state index contributed by atoms with van der Waals surface area (Å²) in [6.07, 6.45) is 0.275. The highest BCUT2D eigenvalue weighted by Gasteiger charge is 2.22. The van der Waals surface area contributed by atoms with Crippen LogP contribution in [0.5, 0.6) is 0 Å². The van der Waals surface area contributed by atoms with Crippen molar-refractivity contribution in [2.75, 3.05) is 13.6 Å². The highest BCUT2D eigenvalue weighted by molar-refractivity contribution is 7.18. The second kappa shape index (κ2) is 7.27. The molecule has 0 aliphatic carbocycles. The van der Waals surface area contributed by atoms with Crippen molar-refractivity contribution in [2.45, 2.75) is 39.8 Å². The molecule has 0 spiro atoms. The molecule has 1 aromatic heterocycles. The Morgan fingerprint density at radius 1 is 1.43 bits per heavy atom. The zero-order valence-corrected chi connectivity index (χ0v) is 15.0.